The molecule has 0 amide bonds. The van der Waals surface area contributed by atoms with E-state index in [1.165, 1.54) is 37.0 Å². The van der Waals surface area contributed by atoms with E-state index in [0.717, 1.165) is 82.6 Å². The van der Waals surface area contributed by atoms with Gasteiger partial charge in [-0.1, -0.05) is 57.4 Å². The number of ketones is 1. The highest BCUT2D eigenvalue weighted by molar-refractivity contribution is 7.91. The van der Waals surface area contributed by atoms with Crippen molar-refractivity contribution in [3.8, 4) is 0 Å². The smallest absolute Gasteiger partial charge is 0.252 e. The summed E-state index contributed by atoms with van der Waals surface area (Å²) in [6.07, 6.45) is 25.0. The lowest BCUT2D eigenvalue weighted by Crippen LogP contribution is -2.67. The fraction of sp³-hybridized carbons (Fsp3) is 0.795. The highest BCUT2D eigenvalue weighted by Crippen LogP contribution is 2.78. The number of aliphatic hydroxyl groups is 2. The first-order chi connectivity index (χ1) is 24.7. The minimum Gasteiger partial charge on any atom is -0.393 e. The van der Waals surface area contributed by atoms with E-state index < -0.39 is 26.5 Å². The number of nitrogens with zero attached hydrogens (tertiary/aromatic N) is 1. The Hall–Kier alpha value is -1.32. The van der Waals surface area contributed by atoms with Crippen molar-refractivity contribution in [1.29, 1.82) is 0 Å². The van der Waals surface area contributed by atoms with Crippen LogP contribution in [-0.2, 0) is 14.8 Å². The van der Waals surface area contributed by atoms with Gasteiger partial charge in [-0.15, -0.1) is 11.3 Å². The number of carbonyl (C=O) groups is 1. The van der Waals surface area contributed by atoms with Crippen LogP contribution in [0, 0.1) is 62.6 Å². The van der Waals surface area contributed by atoms with Crippen LogP contribution < -0.4 is 0 Å². The second kappa shape index (κ2) is 11.6. The van der Waals surface area contributed by atoms with Gasteiger partial charge in [0.1, 0.15) is 4.21 Å². The molecule has 1 heterocycles. The summed E-state index contributed by atoms with van der Waals surface area (Å²) in [5.41, 5.74) is -1.60. The summed E-state index contributed by atoms with van der Waals surface area (Å²) in [6, 6.07) is 3.58. The van der Waals surface area contributed by atoms with Gasteiger partial charge >= 0.3 is 0 Å². The number of allylic oxidation sites excluding steroid dienone is 4. The van der Waals surface area contributed by atoms with Gasteiger partial charge in [0, 0.05) is 40.8 Å². The normalized spacial score (nSPS) is 49.1. The number of rotatable bonds is 8. The van der Waals surface area contributed by atoms with Crippen LogP contribution in [0.15, 0.2) is 45.5 Å². The molecule has 8 unspecified atom stereocenters. The number of fused-ring (bicyclic) bond motifs is 1. The van der Waals surface area contributed by atoms with Gasteiger partial charge in [0.05, 0.1) is 11.7 Å². The Labute approximate surface area is 316 Å². The van der Waals surface area contributed by atoms with E-state index in [0.29, 0.717) is 47.1 Å². The second-order valence-corrected chi connectivity index (χ2v) is 23.7. The molecule has 8 atom stereocenters. The van der Waals surface area contributed by atoms with Crippen molar-refractivity contribution < 1.29 is 23.4 Å². The van der Waals surface area contributed by atoms with Gasteiger partial charge in [0.15, 0.2) is 5.78 Å². The Balaban J connectivity index is 1.04. The van der Waals surface area contributed by atoms with Crippen molar-refractivity contribution in [3.05, 3.63) is 41.3 Å². The summed E-state index contributed by atoms with van der Waals surface area (Å²) in [4.78, 5) is 15.0. The molecule has 12 rings (SSSR count). The van der Waals surface area contributed by atoms with E-state index in [-0.39, 0.29) is 46.6 Å². The zero-order chi connectivity index (χ0) is 35.9. The molecule has 2 spiro atoms. The molecule has 0 aromatic carbocycles. The molecule has 0 saturated heterocycles. The Morgan fingerprint density at radius 1 is 0.846 bits per heavy atom. The summed E-state index contributed by atoms with van der Waals surface area (Å²) in [6.45, 7) is 5.37. The topological polar surface area (TPSA) is 94.9 Å². The van der Waals surface area contributed by atoms with Crippen LogP contribution in [-0.4, -0.2) is 53.5 Å². The Morgan fingerprint density at radius 3 is 2.17 bits per heavy atom. The lowest BCUT2D eigenvalue weighted by atomic mass is 9.32. The molecule has 1 aromatic rings. The number of carbonyl (C=O) groups excluding carboxylic acids is 1. The van der Waals surface area contributed by atoms with Crippen molar-refractivity contribution in [3.63, 3.8) is 0 Å². The predicted octanol–water partition coefficient (Wildman–Crippen LogP) is 8.70. The highest BCUT2D eigenvalue weighted by atomic mass is 32.2. The molecule has 52 heavy (non-hydrogen) atoms. The predicted molar refractivity (Wildman–Crippen MR) is 204 cm³/mol. The van der Waals surface area contributed by atoms with Gasteiger partial charge in [-0.3, -0.25) is 4.79 Å². The number of aliphatic hydroxyl groups excluding tert-OH is 1. The minimum absolute atomic E-state index is 0.00592. The van der Waals surface area contributed by atoms with E-state index in [1.807, 2.05) is 11.4 Å². The number of hydrogen-bond donors (Lipinski definition) is 2. The van der Waals surface area contributed by atoms with Crippen LogP contribution in [0.25, 0.3) is 0 Å². The van der Waals surface area contributed by atoms with Gasteiger partial charge in [-0.2, -0.15) is 4.31 Å². The molecule has 8 fully saturated rings. The van der Waals surface area contributed by atoms with Gasteiger partial charge in [0.25, 0.3) is 10.0 Å². The van der Waals surface area contributed by atoms with Crippen molar-refractivity contribution in [2.45, 2.75) is 145 Å². The van der Waals surface area contributed by atoms with Crippen LogP contribution in [0.3, 0.4) is 0 Å². The Morgan fingerprint density at radius 2 is 1.50 bits per heavy atom. The molecule has 0 aliphatic heterocycles. The van der Waals surface area contributed by atoms with Crippen LogP contribution in [0.4, 0.5) is 0 Å². The number of sulfonamides is 1. The second-order valence-electron chi connectivity index (χ2n) is 20.6. The monoisotopic (exact) mass is 747 g/mol. The molecule has 284 valence electrons. The Bertz CT molecular complexity index is 1760. The summed E-state index contributed by atoms with van der Waals surface area (Å²) in [7, 11) is -3.81. The average Bonchev–Trinajstić information content (AvgIpc) is 3.75. The maximum Gasteiger partial charge on any atom is 0.252 e. The first kappa shape index (κ1) is 35.1. The molecule has 6 nitrogen and oxygen atoms in total. The SMILES string of the molecule is CC12CCC(O)CC13C=CC1(C(C(=O)C4CCCCC4)=C3)C2CCC2(C)C1CCC2(O)CN(CC12CC3CC(CC(C3)C1)C2)S(=O)(=O)c1cccs1. The van der Waals surface area contributed by atoms with E-state index in [4.69, 9.17) is 0 Å². The van der Waals surface area contributed by atoms with Crippen LogP contribution in [0.5, 0.6) is 0 Å². The number of thiophene rings is 1. The quantitative estimate of drug-likeness (QED) is 0.260. The summed E-state index contributed by atoms with van der Waals surface area (Å²) in [5, 5.41) is 26.3. The molecule has 1 aromatic heterocycles. The van der Waals surface area contributed by atoms with Gasteiger partial charge in [-0.05, 0) is 148 Å². The standard InChI is InChI=1S/C44H61NO5S2/c1-39-13-10-33(46)25-42(39)16-17-44(34(26-42)38(47)32-7-4-3-5-8-32)35(39)11-14-40(2)36(44)12-15-43(40,48)28-45(52(49,50)37-9-6-18-51-37)27-41-22-29-19-30(23-41)21-31(20-29)24-41/h6,9,16-18,26,29-33,35-36,46,48H,3-5,7-8,10-15,19-25,27-28H2,1-2H3. The molecule has 0 radical (unpaired) electrons. The third-order valence-corrected chi connectivity index (χ3v) is 21.3. The molecule has 6 bridgehead atoms. The lowest BCUT2D eigenvalue weighted by molar-refractivity contribution is -0.178. The molecular formula is C44H61NO5S2. The number of Topliss-reactive ketones (excluding diaryl/α,β-unsaturated/α-hetero) is 1. The first-order valence-corrected chi connectivity index (χ1v) is 23.5. The Kier molecular flexibility index (Phi) is 7.84. The van der Waals surface area contributed by atoms with Crippen LogP contribution >= 0.6 is 11.3 Å². The lowest BCUT2D eigenvalue weighted by Gasteiger charge is -2.71. The van der Waals surface area contributed by atoms with E-state index in [1.54, 1.807) is 10.4 Å². The number of hydrogen-bond acceptors (Lipinski definition) is 6. The maximum absolute atomic E-state index is 15.0. The largest absolute Gasteiger partial charge is 0.393 e. The highest BCUT2D eigenvalue weighted by Gasteiger charge is 2.75. The van der Waals surface area contributed by atoms with Crippen molar-refractivity contribution >= 4 is 27.1 Å². The van der Waals surface area contributed by atoms with Crippen LogP contribution in [0.1, 0.15) is 129 Å². The molecule has 11 aliphatic carbocycles. The third-order valence-electron chi connectivity index (χ3n) is 18.2. The molecule has 2 N–H and O–H groups in total. The van der Waals surface area contributed by atoms with E-state index in [9.17, 15) is 23.4 Å². The zero-order valence-electron chi connectivity index (χ0n) is 31.5. The average molecular weight is 748 g/mol. The fourth-order valence-electron chi connectivity index (χ4n) is 16.1. The molecule has 8 heteroatoms. The maximum atomic E-state index is 15.0. The minimum atomic E-state index is -3.81. The summed E-state index contributed by atoms with van der Waals surface area (Å²) in [5.74, 6) is 2.85. The molecule has 11 aliphatic rings. The van der Waals surface area contributed by atoms with Crippen molar-refractivity contribution in [2.75, 3.05) is 13.1 Å². The van der Waals surface area contributed by atoms with Gasteiger partial charge in [-0.25, -0.2) is 8.42 Å². The van der Waals surface area contributed by atoms with Crippen molar-refractivity contribution in [2.24, 2.45) is 62.6 Å². The van der Waals surface area contributed by atoms with E-state index in [2.05, 4.69) is 32.1 Å². The van der Waals surface area contributed by atoms with Gasteiger partial charge < -0.3 is 10.2 Å². The zero-order valence-corrected chi connectivity index (χ0v) is 33.2. The fourth-order valence-corrected chi connectivity index (χ4v) is 18.9. The van der Waals surface area contributed by atoms with Crippen molar-refractivity contribution in [1.82, 2.24) is 4.31 Å². The first-order valence-electron chi connectivity index (χ1n) is 21.2. The summed E-state index contributed by atoms with van der Waals surface area (Å²) >= 11 is 1.30. The van der Waals surface area contributed by atoms with Gasteiger partial charge in [0.2, 0.25) is 0 Å². The molecular weight excluding hydrogens is 687 g/mol. The summed E-state index contributed by atoms with van der Waals surface area (Å²) < 4.78 is 31.7. The van der Waals surface area contributed by atoms with E-state index >= 15 is 0 Å². The van der Waals surface area contributed by atoms with Crippen LogP contribution in [0.2, 0.25) is 0 Å². The third kappa shape index (κ3) is 4.69. The molecule has 8 saturated carbocycles.